The van der Waals surface area contributed by atoms with Crippen LogP contribution in [0.4, 0.5) is 5.69 Å². The third-order valence-corrected chi connectivity index (χ3v) is 4.61. The molecule has 4 rings (SSSR count). The number of nitrogens with one attached hydrogen (secondary N) is 1. The number of carbonyl (C=O) groups is 1. The van der Waals surface area contributed by atoms with E-state index >= 15 is 0 Å². The predicted octanol–water partition coefficient (Wildman–Crippen LogP) is 3.71. The fourth-order valence-electron chi connectivity index (χ4n) is 2.78. The molecule has 0 saturated heterocycles. The van der Waals surface area contributed by atoms with E-state index in [4.69, 9.17) is 16.4 Å². The van der Waals surface area contributed by atoms with Gasteiger partial charge >= 0.3 is 0 Å². The summed E-state index contributed by atoms with van der Waals surface area (Å²) in [5.74, 6) is 0.542. The first kappa shape index (κ1) is 16.0. The van der Waals surface area contributed by atoms with E-state index in [0.29, 0.717) is 16.6 Å². The number of fused-ring (bicyclic) bond motifs is 1. The standard InChI is InChI=1S/C19H18ClN3O2/c20-16-10-21-8-7-17(16)22-19(24)9-14-11-23(25-12-13-5-6-13)18-4-2-1-3-15(14)18/h1-4,7-8,10-11,13H,5-6,9,12H2,(H,21,22,24). The topological polar surface area (TPSA) is 56.1 Å². The molecule has 3 aromatic rings. The number of hydrogen-bond donors (Lipinski definition) is 1. The van der Waals surface area contributed by atoms with Gasteiger partial charge in [0, 0.05) is 24.0 Å². The monoisotopic (exact) mass is 355 g/mol. The largest absolute Gasteiger partial charge is 0.414 e. The van der Waals surface area contributed by atoms with Crippen molar-refractivity contribution in [2.24, 2.45) is 5.92 Å². The summed E-state index contributed by atoms with van der Waals surface area (Å²) >= 11 is 6.05. The maximum Gasteiger partial charge on any atom is 0.228 e. The Bertz CT molecular complexity index is 918. The number of halogens is 1. The second kappa shape index (κ2) is 6.76. The van der Waals surface area contributed by atoms with Gasteiger partial charge in [-0.2, -0.15) is 4.73 Å². The van der Waals surface area contributed by atoms with Gasteiger partial charge in [-0.05, 0) is 36.5 Å². The highest BCUT2D eigenvalue weighted by atomic mass is 35.5. The Morgan fingerprint density at radius 2 is 2.16 bits per heavy atom. The normalized spacial score (nSPS) is 13.8. The third kappa shape index (κ3) is 3.61. The Morgan fingerprint density at radius 1 is 1.32 bits per heavy atom. The Kier molecular flexibility index (Phi) is 4.32. The lowest BCUT2D eigenvalue weighted by Gasteiger charge is -2.07. The number of nitrogens with zero attached hydrogens (tertiary/aromatic N) is 2. The Labute approximate surface area is 150 Å². The average Bonchev–Trinajstić information content (AvgIpc) is 3.38. The van der Waals surface area contributed by atoms with Crippen molar-refractivity contribution in [3.05, 3.63) is 59.5 Å². The molecule has 1 aromatic carbocycles. The first-order chi connectivity index (χ1) is 12.2. The van der Waals surface area contributed by atoms with Crippen LogP contribution in [0.3, 0.4) is 0 Å². The number of anilines is 1. The van der Waals surface area contributed by atoms with E-state index < -0.39 is 0 Å². The molecular weight excluding hydrogens is 338 g/mol. The van der Waals surface area contributed by atoms with E-state index in [-0.39, 0.29) is 12.3 Å². The highest BCUT2D eigenvalue weighted by molar-refractivity contribution is 6.33. The van der Waals surface area contributed by atoms with E-state index in [0.717, 1.165) is 23.1 Å². The number of pyridine rings is 1. The van der Waals surface area contributed by atoms with Crippen LogP contribution < -0.4 is 10.2 Å². The molecule has 1 aliphatic carbocycles. The summed E-state index contributed by atoms with van der Waals surface area (Å²) in [5.41, 5.74) is 2.47. The quantitative estimate of drug-likeness (QED) is 0.733. The van der Waals surface area contributed by atoms with Crippen molar-refractivity contribution in [3.63, 3.8) is 0 Å². The molecule has 2 aromatic heterocycles. The van der Waals surface area contributed by atoms with Gasteiger partial charge in [0.25, 0.3) is 0 Å². The van der Waals surface area contributed by atoms with Gasteiger partial charge in [-0.15, -0.1) is 0 Å². The number of rotatable bonds is 6. The van der Waals surface area contributed by atoms with Gasteiger partial charge < -0.3 is 10.2 Å². The van der Waals surface area contributed by atoms with Crippen molar-refractivity contribution < 1.29 is 9.63 Å². The Hall–Kier alpha value is -2.53. The number of para-hydroxylation sites is 1. The smallest absolute Gasteiger partial charge is 0.228 e. The minimum Gasteiger partial charge on any atom is -0.414 e. The van der Waals surface area contributed by atoms with Crippen LogP contribution in [0, 0.1) is 5.92 Å². The fraction of sp³-hybridized carbons (Fsp3) is 0.263. The number of aromatic nitrogens is 2. The summed E-state index contributed by atoms with van der Waals surface area (Å²) in [4.78, 5) is 22.2. The van der Waals surface area contributed by atoms with Crippen LogP contribution in [0.15, 0.2) is 48.9 Å². The summed E-state index contributed by atoms with van der Waals surface area (Å²) in [6, 6.07) is 9.63. The molecule has 1 saturated carbocycles. The van der Waals surface area contributed by atoms with Gasteiger partial charge in [-0.25, -0.2) is 0 Å². The average molecular weight is 356 g/mol. The van der Waals surface area contributed by atoms with Crippen LogP contribution in [0.25, 0.3) is 10.9 Å². The van der Waals surface area contributed by atoms with Gasteiger partial charge in [0.2, 0.25) is 5.91 Å². The molecule has 128 valence electrons. The zero-order valence-corrected chi connectivity index (χ0v) is 14.4. The minimum atomic E-state index is -0.127. The van der Waals surface area contributed by atoms with Gasteiger partial charge in [-0.1, -0.05) is 29.8 Å². The molecule has 5 nitrogen and oxygen atoms in total. The number of carbonyl (C=O) groups excluding carboxylic acids is 1. The molecule has 6 heteroatoms. The van der Waals surface area contributed by atoms with Crippen LogP contribution in [-0.2, 0) is 11.2 Å². The lowest BCUT2D eigenvalue weighted by atomic mass is 10.1. The molecule has 0 radical (unpaired) electrons. The van der Waals surface area contributed by atoms with E-state index in [1.54, 1.807) is 17.0 Å². The van der Waals surface area contributed by atoms with Crippen molar-refractivity contribution in [2.75, 3.05) is 11.9 Å². The first-order valence-corrected chi connectivity index (χ1v) is 8.70. The van der Waals surface area contributed by atoms with Crippen LogP contribution >= 0.6 is 11.6 Å². The van der Waals surface area contributed by atoms with Gasteiger partial charge in [0.1, 0.15) is 6.61 Å². The van der Waals surface area contributed by atoms with Crippen molar-refractivity contribution in [1.82, 2.24) is 9.71 Å². The second-order valence-corrected chi connectivity index (χ2v) is 6.72. The van der Waals surface area contributed by atoms with Crippen LogP contribution in [0.5, 0.6) is 0 Å². The molecule has 2 heterocycles. The summed E-state index contributed by atoms with van der Waals surface area (Å²) in [5, 5.41) is 4.28. The summed E-state index contributed by atoms with van der Waals surface area (Å²) in [6.07, 6.45) is 7.73. The molecule has 0 aliphatic heterocycles. The van der Waals surface area contributed by atoms with E-state index in [1.165, 1.54) is 19.0 Å². The first-order valence-electron chi connectivity index (χ1n) is 8.32. The lowest BCUT2D eigenvalue weighted by molar-refractivity contribution is -0.115. The molecular formula is C19H18ClN3O2. The van der Waals surface area contributed by atoms with Crippen LogP contribution in [-0.4, -0.2) is 22.2 Å². The van der Waals surface area contributed by atoms with Gasteiger partial charge in [0.05, 0.1) is 22.6 Å². The fourth-order valence-corrected chi connectivity index (χ4v) is 2.95. The van der Waals surface area contributed by atoms with Crippen molar-refractivity contribution in [3.8, 4) is 0 Å². The highest BCUT2D eigenvalue weighted by Gasteiger charge is 2.23. The highest BCUT2D eigenvalue weighted by Crippen LogP contribution is 2.29. The minimum absolute atomic E-state index is 0.127. The molecule has 0 spiro atoms. The van der Waals surface area contributed by atoms with Gasteiger partial charge in [0.15, 0.2) is 0 Å². The SMILES string of the molecule is O=C(Cc1cn(OCC2CC2)c2ccccc12)Nc1ccncc1Cl. The van der Waals surface area contributed by atoms with Crippen LogP contribution in [0.2, 0.25) is 5.02 Å². The molecule has 1 amide bonds. The van der Waals surface area contributed by atoms with Crippen molar-refractivity contribution in [2.45, 2.75) is 19.3 Å². The molecule has 1 aliphatic rings. The third-order valence-electron chi connectivity index (χ3n) is 4.30. The van der Waals surface area contributed by atoms with E-state index in [9.17, 15) is 4.79 Å². The maximum absolute atomic E-state index is 12.4. The van der Waals surface area contributed by atoms with Gasteiger partial charge in [-0.3, -0.25) is 9.78 Å². The van der Waals surface area contributed by atoms with E-state index in [1.807, 2.05) is 30.5 Å². The molecule has 1 fully saturated rings. The van der Waals surface area contributed by atoms with E-state index in [2.05, 4.69) is 10.3 Å². The van der Waals surface area contributed by atoms with Crippen molar-refractivity contribution >= 4 is 34.1 Å². The van der Waals surface area contributed by atoms with Crippen molar-refractivity contribution in [1.29, 1.82) is 0 Å². The number of hydrogen-bond acceptors (Lipinski definition) is 3. The Morgan fingerprint density at radius 3 is 2.96 bits per heavy atom. The zero-order chi connectivity index (χ0) is 17.2. The predicted molar refractivity (Wildman–Crippen MR) is 97.7 cm³/mol. The second-order valence-electron chi connectivity index (χ2n) is 6.32. The Balaban J connectivity index is 1.54. The maximum atomic E-state index is 12.4. The molecule has 25 heavy (non-hydrogen) atoms. The number of benzene rings is 1. The molecule has 0 atom stereocenters. The number of amides is 1. The summed E-state index contributed by atoms with van der Waals surface area (Å²) in [7, 11) is 0. The molecule has 0 unspecified atom stereocenters. The zero-order valence-electron chi connectivity index (χ0n) is 13.6. The summed E-state index contributed by atoms with van der Waals surface area (Å²) < 4.78 is 1.79. The molecule has 0 bridgehead atoms. The van der Waals surface area contributed by atoms with Crippen LogP contribution in [0.1, 0.15) is 18.4 Å². The summed E-state index contributed by atoms with van der Waals surface area (Å²) in [6.45, 7) is 0.719. The lowest BCUT2D eigenvalue weighted by Crippen LogP contribution is -2.15. The molecule has 1 N–H and O–H groups in total.